The molecule has 0 spiro atoms. The first-order valence-corrected chi connectivity index (χ1v) is 7.99. The lowest BCUT2D eigenvalue weighted by molar-refractivity contribution is -0.189. The van der Waals surface area contributed by atoms with Gasteiger partial charge in [-0.25, -0.2) is 9.67 Å². The number of halogens is 2. The molecular formula is C15H17Cl2N3O2. The Morgan fingerprint density at radius 2 is 2.27 bits per heavy atom. The number of aromatic nitrogens is 3. The molecule has 1 fully saturated rings. The monoisotopic (exact) mass is 341 g/mol. The van der Waals surface area contributed by atoms with Crippen LogP contribution in [0.15, 0.2) is 30.9 Å². The Morgan fingerprint density at radius 3 is 3.00 bits per heavy atom. The van der Waals surface area contributed by atoms with Crippen molar-refractivity contribution in [3.63, 3.8) is 0 Å². The largest absolute Gasteiger partial charge is 0.342 e. The van der Waals surface area contributed by atoms with Gasteiger partial charge >= 0.3 is 0 Å². The molecule has 0 amide bonds. The molecule has 2 heterocycles. The van der Waals surface area contributed by atoms with Gasteiger partial charge in [-0.1, -0.05) is 48.7 Å². The SMILES string of the molecule is CCCC1COC(Cn2cncn2)(c2cccc(Cl)c2Cl)O1. The van der Waals surface area contributed by atoms with Crippen LogP contribution in [0.5, 0.6) is 0 Å². The second-order valence-corrected chi connectivity index (χ2v) is 6.07. The standard InChI is InChI=1S/C15H17Cl2N3O2/c1-2-4-11-7-21-15(22-11,8-20-10-18-9-19-20)12-5-3-6-13(16)14(12)17/h3,5-6,9-11H,2,4,7-8H2,1H3. The second kappa shape index (κ2) is 6.54. The van der Waals surface area contributed by atoms with E-state index in [9.17, 15) is 0 Å². The average molecular weight is 342 g/mol. The van der Waals surface area contributed by atoms with E-state index < -0.39 is 5.79 Å². The van der Waals surface area contributed by atoms with E-state index in [2.05, 4.69) is 17.0 Å². The molecule has 1 saturated heterocycles. The van der Waals surface area contributed by atoms with Crippen molar-refractivity contribution < 1.29 is 9.47 Å². The number of ether oxygens (including phenoxy) is 2. The van der Waals surface area contributed by atoms with Crippen molar-refractivity contribution in [2.75, 3.05) is 6.61 Å². The summed E-state index contributed by atoms with van der Waals surface area (Å²) in [6, 6.07) is 5.46. The first kappa shape index (κ1) is 15.7. The number of hydrogen-bond acceptors (Lipinski definition) is 4. The van der Waals surface area contributed by atoms with Gasteiger partial charge in [-0.2, -0.15) is 5.10 Å². The van der Waals surface area contributed by atoms with Gasteiger partial charge in [-0.05, 0) is 12.5 Å². The lowest BCUT2D eigenvalue weighted by Crippen LogP contribution is -2.34. The maximum Gasteiger partial charge on any atom is 0.217 e. The van der Waals surface area contributed by atoms with Crippen LogP contribution in [0.4, 0.5) is 0 Å². The number of benzene rings is 1. The Bertz CT molecular complexity index is 636. The molecule has 0 N–H and O–H groups in total. The summed E-state index contributed by atoms with van der Waals surface area (Å²) >= 11 is 12.5. The minimum absolute atomic E-state index is 0.0311. The van der Waals surface area contributed by atoms with E-state index in [-0.39, 0.29) is 6.10 Å². The molecule has 5 nitrogen and oxygen atoms in total. The van der Waals surface area contributed by atoms with E-state index in [1.54, 1.807) is 17.1 Å². The third-order valence-corrected chi connectivity index (χ3v) is 4.49. The molecular weight excluding hydrogens is 325 g/mol. The molecule has 118 valence electrons. The van der Waals surface area contributed by atoms with Crippen LogP contribution in [0.2, 0.25) is 10.0 Å². The molecule has 1 aliphatic heterocycles. The van der Waals surface area contributed by atoms with Gasteiger partial charge in [-0.3, -0.25) is 0 Å². The van der Waals surface area contributed by atoms with Gasteiger partial charge in [0.05, 0.1) is 22.8 Å². The topological polar surface area (TPSA) is 49.2 Å². The van der Waals surface area contributed by atoms with Crippen LogP contribution in [0.3, 0.4) is 0 Å². The maximum atomic E-state index is 6.39. The number of hydrogen-bond donors (Lipinski definition) is 0. The van der Waals surface area contributed by atoms with Crippen LogP contribution in [0.25, 0.3) is 0 Å². The predicted octanol–water partition coefficient (Wildman–Crippen LogP) is 3.65. The van der Waals surface area contributed by atoms with Gasteiger partial charge < -0.3 is 9.47 Å². The molecule has 2 aromatic rings. The maximum absolute atomic E-state index is 6.39. The minimum atomic E-state index is -0.991. The Labute approximate surface area is 139 Å². The molecule has 0 aliphatic carbocycles. The van der Waals surface area contributed by atoms with Crippen molar-refractivity contribution in [2.45, 2.75) is 38.2 Å². The summed E-state index contributed by atoms with van der Waals surface area (Å²) in [4.78, 5) is 3.97. The minimum Gasteiger partial charge on any atom is -0.342 e. The molecule has 3 rings (SSSR count). The van der Waals surface area contributed by atoms with E-state index in [4.69, 9.17) is 32.7 Å². The van der Waals surface area contributed by atoms with Crippen molar-refractivity contribution >= 4 is 23.2 Å². The zero-order valence-corrected chi connectivity index (χ0v) is 13.7. The third kappa shape index (κ3) is 2.99. The van der Waals surface area contributed by atoms with Crippen LogP contribution in [-0.2, 0) is 21.8 Å². The lowest BCUT2D eigenvalue weighted by Gasteiger charge is -2.29. The van der Waals surface area contributed by atoms with Gasteiger partial charge in [0.1, 0.15) is 19.2 Å². The number of nitrogens with zero attached hydrogens (tertiary/aromatic N) is 3. The Morgan fingerprint density at radius 1 is 1.41 bits per heavy atom. The predicted molar refractivity (Wildman–Crippen MR) is 83.9 cm³/mol. The molecule has 22 heavy (non-hydrogen) atoms. The van der Waals surface area contributed by atoms with Crippen LogP contribution in [0, 0.1) is 0 Å². The van der Waals surface area contributed by atoms with E-state index in [0.717, 1.165) is 18.4 Å². The van der Waals surface area contributed by atoms with Crippen LogP contribution < -0.4 is 0 Å². The fourth-order valence-corrected chi connectivity index (χ4v) is 3.11. The molecule has 1 aliphatic rings. The van der Waals surface area contributed by atoms with Crippen molar-refractivity contribution in [2.24, 2.45) is 0 Å². The van der Waals surface area contributed by atoms with Crippen LogP contribution in [0.1, 0.15) is 25.3 Å². The summed E-state index contributed by atoms with van der Waals surface area (Å²) in [5.74, 6) is -0.991. The van der Waals surface area contributed by atoms with Gasteiger partial charge in [0.25, 0.3) is 0 Å². The molecule has 2 unspecified atom stereocenters. The first-order chi connectivity index (χ1) is 10.6. The second-order valence-electron chi connectivity index (χ2n) is 5.29. The summed E-state index contributed by atoms with van der Waals surface area (Å²) in [6.45, 7) is 3.01. The summed E-state index contributed by atoms with van der Waals surface area (Å²) in [5.41, 5.74) is 0.718. The van der Waals surface area contributed by atoms with E-state index in [0.29, 0.717) is 23.2 Å². The summed E-state index contributed by atoms with van der Waals surface area (Å²) < 4.78 is 13.9. The summed E-state index contributed by atoms with van der Waals surface area (Å²) in [7, 11) is 0. The molecule has 1 aromatic heterocycles. The molecule has 1 aromatic carbocycles. The number of rotatable bonds is 5. The van der Waals surface area contributed by atoms with Gasteiger partial charge in [-0.15, -0.1) is 0 Å². The van der Waals surface area contributed by atoms with Crippen molar-refractivity contribution in [1.29, 1.82) is 0 Å². The van der Waals surface area contributed by atoms with E-state index in [1.807, 2.05) is 12.1 Å². The van der Waals surface area contributed by atoms with Crippen molar-refractivity contribution in [1.82, 2.24) is 14.8 Å². The summed E-state index contributed by atoms with van der Waals surface area (Å²) in [5, 5.41) is 5.06. The van der Waals surface area contributed by atoms with Gasteiger partial charge in [0.15, 0.2) is 0 Å². The smallest absolute Gasteiger partial charge is 0.217 e. The molecule has 7 heteroatoms. The summed E-state index contributed by atoms with van der Waals surface area (Å²) in [6.07, 6.45) is 5.09. The highest BCUT2D eigenvalue weighted by atomic mass is 35.5. The zero-order chi connectivity index (χ0) is 15.6. The molecule has 2 atom stereocenters. The third-order valence-electron chi connectivity index (χ3n) is 3.67. The fraction of sp³-hybridized carbons (Fsp3) is 0.467. The lowest BCUT2D eigenvalue weighted by atomic mass is 10.1. The molecule has 0 saturated carbocycles. The Hall–Kier alpha value is -1.14. The van der Waals surface area contributed by atoms with Crippen molar-refractivity contribution in [3.05, 3.63) is 46.5 Å². The highest BCUT2D eigenvalue weighted by Gasteiger charge is 2.45. The van der Waals surface area contributed by atoms with Gasteiger partial charge in [0, 0.05) is 5.56 Å². The Kier molecular flexibility index (Phi) is 4.68. The van der Waals surface area contributed by atoms with Gasteiger partial charge in [0.2, 0.25) is 5.79 Å². The van der Waals surface area contributed by atoms with Crippen molar-refractivity contribution in [3.8, 4) is 0 Å². The normalized spacial score (nSPS) is 24.8. The van der Waals surface area contributed by atoms with Crippen LogP contribution >= 0.6 is 23.2 Å². The zero-order valence-electron chi connectivity index (χ0n) is 12.2. The highest BCUT2D eigenvalue weighted by Crippen LogP contribution is 2.42. The molecule has 0 radical (unpaired) electrons. The molecule has 0 bridgehead atoms. The van der Waals surface area contributed by atoms with E-state index >= 15 is 0 Å². The van der Waals surface area contributed by atoms with Crippen LogP contribution in [-0.4, -0.2) is 27.5 Å². The van der Waals surface area contributed by atoms with E-state index in [1.165, 1.54) is 6.33 Å². The average Bonchev–Trinajstić information content (AvgIpc) is 3.14. The first-order valence-electron chi connectivity index (χ1n) is 7.23. The highest BCUT2D eigenvalue weighted by molar-refractivity contribution is 6.42. The fourth-order valence-electron chi connectivity index (χ4n) is 2.66. The quantitative estimate of drug-likeness (QED) is 0.832. The Balaban J connectivity index is 1.98.